The third kappa shape index (κ3) is 3.40. The second-order valence-electron chi connectivity index (χ2n) is 7.15. The lowest BCUT2D eigenvalue weighted by Crippen LogP contribution is -2.66. The predicted molar refractivity (Wildman–Crippen MR) is 101 cm³/mol. The van der Waals surface area contributed by atoms with Gasteiger partial charge in [0.2, 0.25) is 0 Å². The molecule has 0 spiro atoms. The van der Waals surface area contributed by atoms with Crippen molar-refractivity contribution in [3.8, 4) is 0 Å². The minimum Gasteiger partial charge on any atom is -0.400 e. The second kappa shape index (κ2) is 6.90. The molecule has 0 atom stereocenters. The lowest BCUT2D eigenvalue weighted by Gasteiger charge is -2.42. The highest BCUT2D eigenvalue weighted by atomic mass is 28.4. The van der Waals surface area contributed by atoms with Crippen molar-refractivity contribution in [3.63, 3.8) is 0 Å². The maximum Gasteiger partial charge on any atom is 0.261 e. The largest absolute Gasteiger partial charge is 0.400 e. The van der Waals surface area contributed by atoms with Gasteiger partial charge in [0.05, 0.1) is 13.7 Å². The minimum absolute atomic E-state index is 0.0576. The normalized spacial score (nSPS) is 12.3. The zero-order valence-corrected chi connectivity index (χ0v) is 16.2. The average Bonchev–Trinajstić information content (AvgIpc) is 3.02. The van der Waals surface area contributed by atoms with Gasteiger partial charge in [0.1, 0.15) is 0 Å². The van der Waals surface area contributed by atoms with Gasteiger partial charge in [-0.25, -0.2) is 0 Å². The Bertz CT molecular complexity index is 773. The van der Waals surface area contributed by atoms with Crippen LogP contribution in [-0.2, 0) is 18.1 Å². The van der Waals surface area contributed by atoms with Gasteiger partial charge in [-0.05, 0) is 20.6 Å². The number of nitrogens with zero attached hydrogens (tertiary/aromatic N) is 4. The monoisotopic (exact) mass is 352 g/mol. The average molecular weight is 353 g/mol. The van der Waals surface area contributed by atoms with E-state index in [9.17, 15) is 0 Å². The van der Waals surface area contributed by atoms with E-state index in [1.165, 1.54) is 15.2 Å². The summed E-state index contributed by atoms with van der Waals surface area (Å²) in [6.45, 7) is 7.11. The van der Waals surface area contributed by atoms with Crippen LogP contribution < -0.4 is 10.4 Å². The van der Waals surface area contributed by atoms with E-state index in [0.717, 1.165) is 0 Å². The maximum absolute atomic E-state index is 6.73. The van der Waals surface area contributed by atoms with Gasteiger partial charge in [0.25, 0.3) is 8.32 Å². The molecule has 0 unspecified atom stereocenters. The molecule has 0 saturated carbocycles. The molecule has 1 aromatic heterocycles. The zero-order chi connectivity index (χ0) is 17.9. The number of aromatic nitrogens is 4. The first-order chi connectivity index (χ1) is 11.9. The van der Waals surface area contributed by atoms with Crippen molar-refractivity contribution in [3.05, 3.63) is 66.5 Å². The molecular weight excluding hydrogens is 328 g/mol. The molecule has 0 amide bonds. The van der Waals surface area contributed by atoms with Gasteiger partial charge in [-0.1, -0.05) is 81.4 Å². The first-order valence-corrected chi connectivity index (χ1v) is 10.3. The lowest BCUT2D eigenvalue weighted by atomic mass is 10.2. The number of hydrogen-bond donors (Lipinski definition) is 0. The second-order valence-corrected chi connectivity index (χ2v) is 11.5. The Morgan fingerprint density at radius 1 is 0.920 bits per heavy atom. The van der Waals surface area contributed by atoms with Crippen molar-refractivity contribution in [1.82, 2.24) is 20.2 Å². The standard InChI is InChI=1S/C19H24N4OSi/c1-19(2,3)25(16-11-7-5-8-12-16,17-13-9-6-10-14-17)24-15-18-20-22-23(4)21-18/h5-14H,15H2,1-4H3. The van der Waals surface area contributed by atoms with Gasteiger partial charge < -0.3 is 4.43 Å². The molecule has 3 aromatic rings. The van der Waals surface area contributed by atoms with Crippen LogP contribution in [0.15, 0.2) is 60.7 Å². The molecule has 0 fully saturated rings. The first kappa shape index (κ1) is 17.5. The molecule has 2 aromatic carbocycles. The van der Waals surface area contributed by atoms with E-state index in [1.807, 2.05) is 12.1 Å². The van der Waals surface area contributed by atoms with E-state index < -0.39 is 8.32 Å². The highest BCUT2D eigenvalue weighted by Gasteiger charge is 2.50. The van der Waals surface area contributed by atoms with Gasteiger partial charge in [-0.2, -0.15) is 4.80 Å². The predicted octanol–water partition coefficient (Wildman–Crippen LogP) is 2.29. The summed E-state index contributed by atoms with van der Waals surface area (Å²) < 4.78 is 6.73. The number of hydrogen-bond acceptors (Lipinski definition) is 4. The van der Waals surface area contributed by atoms with Crippen LogP contribution in [0, 0.1) is 0 Å². The molecule has 1 heterocycles. The fourth-order valence-corrected chi connectivity index (χ4v) is 7.82. The number of rotatable bonds is 5. The number of benzene rings is 2. The molecule has 5 nitrogen and oxygen atoms in total. The first-order valence-electron chi connectivity index (χ1n) is 8.41. The van der Waals surface area contributed by atoms with Gasteiger partial charge >= 0.3 is 0 Å². The van der Waals surface area contributed by atoms with E-state index in [2.05, 4.69) is 84.7 Å². The van der Waals surface area contributed by atoms with Crippen LogP contribution in [0.2, 0.25) is 5.04 Å². The van der Waals surface area contributed by atoms with E-state index in [4.69, 9.17) is 4.43 Å². The summed E-state index contributed by atoms with van der Waals surface area (Å²) in [6.07, 6.45) is 0. The molecule has 25 heavy (non-hydrogen) atoms. The molecule has 0 aliphatic rings. The van der Waals surface area contributed by atoms with Crippen molar-refractivity contribution >= 4 is 18.7 Å². The van der Waals surface area contributed by atoms with Crippen molar-refractivity contribution < 1.29 is 4.43 Å². The maximum atomic E-state index is 6.73. The van der Waals surface area contributed by atoms with Gasteiger partial charge in [0.15, 0.2) is 5.82 Å². The summed E-state index contributed by atoms with van der Waals surface area (Å²) in [6, 6.07) is 21.1. The summed E-state index contributed by atoms with van der Waals surface area (Å²) in [5.74, 6) is 0.607. The van der Waals surface area contributed by atoms with Crippen molar-refractivity contribution in [2.24, 2.45) is 7.05 Å². The Balaban J connectivity index is 2.11. The molecule has 0 bridgehead atoms. The molecule has 0 aliphatic heterocycles. The lowest BCUT2D eigenvalue weighted by molar-refractivity contribution is 0.276. The van der Waals surface area contributed by atoms with Gasteiger partial charge in [-0.3, -0.25) is 0 Å². The third-order valence-electron chi connectivity index (χ3n) is 4.38. The Morgan fingerprint density at radius 3 is 1.84 bits per heavy atom. The van der Waals surface area contributed by atoms with Crippen LogP contribution in [0.3, 0.4) is 0 Å². The summed E-state index contributed by atoms with van der Waals surface area (Å²) in [7, 11) is -0.777. The summed E-state index contributed by atoms with van der Waals surface area (Å²) in [5.41, 5.74) is 0. The van der Waals surface area contributed by atoms with Crippen LogP contribution in [0.4, 0.5) is 0 Å². The van der Waals surface area contributed by atoms with E-state index in [-0.39, 0.29) is 5.04 Å². The van der Waals surface area contributed by atoms with E-state index in [1.54, 1.807) is 7.05 Å². The Morgan fingerprint density at radius 2 is 1.44 bits per heavy atom. The highest BCUT2D eigenvalue weighted by Crippen LogP contribution is 2.37. The molecule has 6 heteroatoms. The van der Waals surface area contributed by atoms with Crippen molar-refractivity contribution in [2.75, 3.05) is 0 Å². The number of tetrazole rings is 1. The molecule has 3 rings (SSSR count). The summed E-state index contributed by atoms with van der Waals surface area (Å²) in [4.78, 5) is 1.46. The summed E-state index contributed by atoms with van der Waals surface area (Å²) >= 11 is 0. The Kier molecular flexibility index (Phi) is 4.83. The van der Waals surface area contributed by atoms with Crippen LogP contribution in [0.1, 0.15) is 26.6 Å². The van der Waals surface area contributed by atoms with Gasteiger partial charge in [-0.15, -0.1) is 10.2 Å². The van der Waals surface area contributed by atoms with E-state index in [0.29, 0.717) is 12.4 Å². The topological polar surface area (TPSA) is 52.8 Å². The van der Waals surface area contributed by atoms with Gasteiger partial charge in [0, 0.05) is 0 Å². The van der Waals surface area contributed by atoms with Crippen molar-refractivity contribution in [2.45, 2.75) is 32.4 Å². The van der Waals surface area contributed by atoms with Crippen molar-refractivity contribution in [1.29, 1.82) is 0 Å². The molecule has 0 aliphatic carbocycles. The third-order valence-corrected chi connectivity index (χ3v) is 9.37. The molecule has 0 radical (unpaired) electrons. The number of aryl methyl sites for hydroxylation is 1. The van der Waals surface area contributed by atoms with Crippen LogP contribution in [0.5, 0.6) is 0 Å². The Hall–Kier alpha value is -2.31. The van der Waals surface area contributed by atoms with E-state index >= 15 is 0 Å². The van der Waals surface area contributed by atoms with Crippen LogP contribution >= 0.6 is 0 Å². The fraction of sp³-hybridized carbons (Fsp3) is 0.316. The quantitative estimate of drug-likeness (QED) is 0.661. The van der Waals surface area contributed by atoms with Crippen LogP contribution in [0.25, 0.3) is 0 Å². The fourth-order valence-electron chi connectivity index (χ4n) is 3.32. The Labute approximate surface area is 149 Å². The van der Waals surface area contributed by atoms with Crippen LogP contribution in [-0.4, -0.2) is 28.5 Å². The molecule has 0 saturated heterocycles. The minimum atomic E-state index is -2.54. The zero-order valence-electron chi connectivity index (χ0n) is 15.2. The molecular formula is C19H24N4OSi. The smallest absolute Gasteiger partial charge is 0.261 e. The molecule has 130 valence electrons. The summed E-state index contributed by atoms with van der Waals surface area (Å²) in [5, 5.41) is 14.7. The highest BCUT2D eigenvalue weighted by molar-refractivity contribution is 6.99. The molecule has 0 N–H and O–H groups in total. The SMILES string of the molecule is Cn1nnc(CO[Si](c2ccccc2)(c2ccccc2)C(C)(C)C)n1.